The van der Waals surface area contributed by atoms with E-state index in [1.807, 2.05) is 6.07 Å². The zero-order valence-corrected chi connectivity index (χ0v) is 24.3. The van der Waals surface area contributed by atoms with Gasteiger partial charge in [0, 0.05) is 31.8 Å². The smallest absolute Gasteiger partial charge is 0.416 e. The van der Waals surface area contributed by atoms with Crippen LogP contribution in [0.3, 0.4) is 0 Å². The average molecular weight is 548 g/mol. The fraction of sp³-hybridized carbons (Fsp3) is 0.500. The molecule has 0 amide bonds. The summed E-state index contributed by atoms with van der Waals surface area (Å²) in [6.07, 6.45) is 1.40. The highest BCUT2D eigenvalue weighted by Gasteiger charge is 2.37. The maximum Gasteiger partial charge on any atom is 0.416 e. The van der Waals surface area contributed by atoms with E-state index in [0.717, 1.165) is 49.2 Å². The Hall–Kier alpha value is -2.42. The molecule has 0 aliphatic heterocycles. The molecule has 0 fully saturated rings. The van der Waals surface area contributed by atoms with Crippen molar-refractivity contribution in [2.24, 2.45) is 0 Å². The highest BCUT2D eigenvalue weighted by molar-refractivity contribution is 6.74. The van der Waals surface area contributed by atoms with Crippen LogP contribution in [-0.2, 0) is 33.0 Å². The van der Waals surface area contributed by atoms with Crippen molar-refractivity contribution in [3.63, 3.8) is 0 Å². The third kappa shape index (κ3) is 7.80. The van der Waals surface area contributed by atoms with Crippen molar-refractivity contribution in [2.75, 3.05) is 26.8 Å². The van der Waals surface area contributed by atoms with Gasteiger partial charge in [-0.15, -0.1) is 0 Å². The molecule has 0 aromatic heterocycles. The molecule has 38 heavy (non-hydrogen) atoms. The minimum Gasteiger partial charge on any atom is -0.466 e. The molecule has 0 saturated heterocycles. The van der Waals surface area contributed by atoms with Gasteiger partial charge in [-0.1, -0.05) is 51.1 Å². The maximum atomic E-state index is 13.0. The maximum absolute atomic E-state index is 13.0. The summed E-state index contributed by atoms with van der Waals surface area (Å²) in [5, 5.41) is 0.117. The van der Waals surface area contributed by atoms with Gasteiger partial charge in [-0.2, -0.15) is 13.2 Å². The molecular formula is C30H40F3NO3Si. The Kier molecular flexibility index (Phi) is 9.65. The Morgan fingerprint density at radius 2 is 1.76 bits per heavy atom. The van der Waals surface area contributed by atoms with Gasteiger partial charge in [-0.25, -0.2) is 4.79 Å². The first-order valence-corrected chi connectivity index (χ1v) is 16.0. The van der Waals surface area contributed by atoms with Crippen LogP contribution in [0.4, 0.5) is 13.2 Å². The first-order chi connectivity index (χ1) is 17.7. The van der Waals surface area contributed by atoms with Crippen molar-refractivity contribution < 1.29 is 27.1 Å². The summed E-state index contributed by atoms with van der Waals surface area (Å²) in [4.78, 5) is 13.9. The molecule has 1 aliphatic rings. The van der Waals surface area contributed by atoms with Crippen LogP contribution in [0, 0.1) is 0 Å². The fourth-order valence-electron chi connectivity index (χ4n) is 4.52. The van der Waals surface area contributed by atoms with E-state index in [1.54, 1.807) is 18.2 Å². The van der Waals surface area contributed by atoms with Crippen molar-refractivity contribution in [3.05, 3.63) is 76.4 Å². The van der Waals surface area contributed by atoms with Crippen LogP contribution < -0.4 is 0 Å². The lowest BCUT2D eigenvalue weighted by atomic mass is 10.0. The predicted molar refractivity (Wildman–Crippen MR) is 148 cm³/mol. The second-order valence-electron chi connectivity index (χ2n) is 11.5. The third-order valence-electron chi connectivity index (χ3n) is 7.88. The Labute approximate surface area is 226 Å². The van der Waals surface area contributed by atoms with Crippen molar-refractivity contribution in [2.45, 2.75) is 70.4 Å². The summed E-state index contributed by atoms with van der Waals surface area (Å²) >= 11 is 0. The van der Waals surface area contributed by atoms with Gasteiger partial charge in [0.15, 0.2) is 8.32 Å². The van der Waals surface area contributed by atoms with Gasteiger partial charge in [0.05, 0.1) is 12.7 Å². The van der Waals surface area contributed by atoms with Crippen molar-refractivity contribution in [1.82, 2.24) is 4.90 Å². The van der Waals surface area contributed by atoms with Crippen LogP contribution in [0.2, 0.25) is 18.1 Å². The summed E-state index contributed by atoms with van der Waals surface area (Å²) in [6.45, 7) is 13.3. The molecule has 208 valence electrons. The van der Waals surface area contributed by atoms with Crippen LogP contribution in [-0.4, -0.2) is 46.0 Å². The number of hydrogen-bond donors (Lipinski definition) is 0. The largest absolute Gasteiger partial charge is 0.466 e. The summed E-state index contributed by atoms with van der Waals surface area (Å²) in [5.74, 6) is -0.389. The highest BCUT2D eigenvalue weighted by atomic mass is 28.4. The van der Waals surface area contributed by atoms with Gasteiger partial charge in [0.1, 0.15) is 0 Å². The number of carbonyl (C=O) groups excluding carboxylic acids is 1. The number of methoxy groups -OCH3 is 1. The number of esters is 1. The Balaban J connectivity index is 1.76. The Morgan fingerprint density at radius 3 is 2.37 bits per heavy atom. The minimum atomic E-state index is -4.33. The van der Waals surface area contributed by atoms with E-state index < -0.39 is 20.1 Å². The highest BCUT2D eigenvalue weighted by Crippen LogP contribution is 2.38. The molecule has 0 spiro atoms. The van der Waals surface area contributed by atoms with Gasteiger partial charge in [0.2, 0.25) is 0 Å². The standard InChI is InChI=1S/C30H40F3NO3Si/c1-29(2,3)38(5,6)37-20-19-34(18-17-22-7-12-25(13-8-22)30(31,32)33)27-15-11-24-21-23(9-14-26(24)27)10-16-28(35)36-4/h7-10,12-14,16,21,27H,11,15,17-20H2,1-6H3/b16-10+. The predicted octanol–water partition coefficient (Wildman–Crippen LogP) is 7.45. The van der Waals surface area contributed by atoms with E-state index in [4.69, 9.17) is 4.43 Å². The number of hydrogen-bond acceptors (Lipinski definition) is 4. The summed E-state index contributed by atoms with van der Waals surface area (Å²) in [7, 11) is -0.547. The second-order valence-corrected chi connectivity index (χ2v) is 16.3. The van der Waals surface area contributed by atoms with Crippen LogP contribution in [0.5, 0.6) is 0 Å². The van der Waals surface area contributed by atoms with Crippen LogP contribution >= 0.6 is 0 Å². The molecule has 8 heteroatoms. The van der Waals surface area contributed by atoms with E-state index in [-0.39, 0.29) is 17.0 Å². The fourth-order valence-corrected chi connectivity index (χ4v) is 5.56. The van der Waals surface area contributed by atoms with E-state index in [2.05, 4.69) is 55.6 Å². The second kappa shape index (κ2) is 12.2. The summed E-state index contributed by atoms with van der Waals surface area (Å²) < 4.78 is 50.1. The number of alkyl halides is 3. The molecule has 1 atom stereocenters. The van der Waals surface area contributed by atoms with Crippen LogP contribution in [0.25, 0.3) is 6.08 Å². The number of halogens is 3. The van der Waals surface area contributed by atoms with Crippen molar-refractivity contribution in [3.8, 4) is 0 Å². The molecule has 1 aliphatic carbocycles. The topological polar surface area (TPSA) is 38.8 Å². The van der Waals surface area contributed by atoms with Gasteiger partial charge in [-0.3, -0.25) is 4.90 Å². The number of nitrogens with zero attached hydrogens (tertiary/aromatic N) is 1. The quantitative estimate of drug-likeness (QED) is 0.176. The van der Waals surface area contributed by atoms with Crippen molar-refractivity contribution in [1.29, 1.82) is 0 Å². The van der Waals surface area contributed by atoms with E-state index >= 15 is 0 Å². The Bertz CT molecular complexity index is 1120. The molecule has 2 aromatic carbocycles. The number of fused-ring (bicyclic) bond motifs is 1. The van der Waals surface area contributed by atoms with Gasteiger partial charge < -0.3 is 9.16 Å². The van der Waals surface area contributed by atoms with Crippen LogP contribution in [0.15, 0.2) is 48.5 Å². The molecule has 0 radical (unpaired) electrons. The zero-order chi connectivity index (χ0) is 28.1. The van der Waals surface area contributed by atoms with E-state index in [0.29, 0.717) is 13.0 Å². The lowest BCUT2D eigenvalue weighted by molar-refractivity contribution is -0.137. The molecule has 0 heterocycles. The van der Waals surface area contributed by atoms with Gasteiger partial charge >= 0.3 is 12.1 Å². The first kappa shape index (κ1) is 30.1. The van der Waals surface area contributed by atoms with Gasteiger partial charge in [-0.05, 0) is 77.9 Å². The number of benzene rings is 2. The molecule has 1 unspecified atom stereocenters. The first-order valence-electron chi connectivity index (χ1n) is 13.1. The van der Waals surface area contributed by atoms with Crippen LogP contribution in [0.1, 0.15) is 61.1 Å². The lowest BCUT2D eigenvalue weighted by Gasteiger charge is -2.37. The zero-order valence-electron chi connectivity index (χ0n) is 23.3. The number of ether oxygens (including phenoxy) is 1. The molecule has 4 nitrogen and oxygen atoms in total. The van der Waals surface area contributed by atoms with E-state index in [1.165, 1.54) is 24.3 Å². The number of carbonyl (C=O) groups is 1. The average Bonchev–Trinajstić information content (AvgIpc) is 3.26. The SMILES string of the molecule is COC(=O)/C=C/c1ccc2c(c1)CCC2N(CCO[Si](C)(C)C(C)(C)C)CCc1ccc(C(F)(F)F)cc1. The van der Waals surface area contributed by atoms with Crippen molar-refractivity contribution >= 4 is 20.4 Å². The van der Waals surface area contributed by atoms with E-state index in [9.17, 15) is 18.0 Å². The summed E-state index contributed by atoms with van der Waals surface area (Å²) in [6, 6.07) is 11.9. The lowest BCUT2D eigenvalue weighted by Crippen LogP contribution is -2.43. The molecular weight excluding hydrogens is 507 g/mol. The molecule has 0 N–H and O–H groups in total. The summed E-state index contributed by atoms with van der Waals surface area (Å²) in [5.41, 5.74) is 3.73. The number of aryl methyl sites for hydroxylation is 1. The normalized spacial score (nSPS) is 16.3. The number of rotatable bonds is 10. The molecule has 3 rings (SSSR count). The molecule has 0 bridgehead atoms. The monoisotopic (exact) mass is 547 g/mol. The molecule has 2 aromatic rings. The third-order valence-corrected chi connectivity index (χ3v) is 12.4. The molecule has 0 saturated carbocycles. The minimum absolute atomic E-state index is 0.117. The van der Waals surface area contributed by atoms with Gasteiger partial charge in [0.25, 0.3) is 0 Å². The Morgan fingerprint density at radius 1 is 1.08 bits per heavy atom.